The largest absolute Gasteiger partial charge is 0.272 e. The summed E-state index contributed by atoms with van der Waals surface area (Å²) < 4.78 is 0. The molecule has 0 N–H and O–H groups in total. The summed E-state index contributed by atoms with van der Waals surface area (Å²) in [7, 11) is 0. The molecule has 2 unspecified atom stereocenters. The van der Waals surface area contributed by atoms with E-state index in [0.717, 1.165) is 39.9 Å². The number of carbonyl (C=O) groups excluding carboxylic acids is 4. The first-order valence-electron chi connectivity index (χ1n) is 15.1. The molecule has 7 rings (SSSR count). The molecule has 0 fully saturated rings. The van der Waals surface area contributed by atoms with Gasteiger partial charge in [-0.2, -0.15) is 5.26 Å². The maximum atomic E-state index is 13.9. The van der Waals surface area contributed by atoms with Crippen LogP contribution in [-0.2, 0) is 0 Å². The van der Waals surface area contributed by atoms with Crippen molar-refractivity contribution < 1.29 is 19.2 Å². The van der Waals surface area contributed by atoms with Gasteiger partial charge in [-0.25, -0.2) is 0 Å². The van der Waals surface area contributed by atoms with E-state index in [1.165, 1.54) is 9.80 Å². The Morgan fingerprint density at radius 3 is 1.56 bits per heavy atom. The molecule has 5 aromatic carbocycles. The quantitative estimate of drug-likeness (QED) is 0.120. The first-order valence-corrected chi connectivity index (χ1v) is 15.1. The third-order valence-electron chi connectivity index (χ3n) is 9.51. The summed E-state index contributed by atoms with van der Waals surface area (Å²) in [4.78, 5) is 58.1. The van der Waals surface area contributed by atoms with E-state index in [9.17, 15) is 24.4 Å². The summed E-state index contributed by atoms with van der Waals surface area (Å²) in [6, 6.07) is 12.6. The molecule has 0 bridgehead atoms. The predicted octanol–water partition coefficient (Wildman–Crippen LogP) is 7.49. The predicted molar refractivity (Wildman–Crippen MR) is 167 cm³/mol. The maximum absolute atomic E-state index is 13.9. The standard InChI is InChI=1S/C36H31N3O4/c1-6-8-18(4)38-33(40)23-13-11-22-28-20(16-37)15-26-30-24(34(41)39(36(26)43)19(5)9-7-2)12-10-21(32(28)30)27-17(3)14-25(35(38)42)29(23)31(22)27/h10-15,18-19H,6-9H2,1-5H3. The Bertz CT molecular complexity index is 2150. The molecule has 7 nitrogen and oxygen atoms in total. The average molecular weight is 570 g/mol. The van der Waals surface area contributed by atoms with Gasteiger partial charge in [-0.3, -0.25) is 29.0 Å². The maximum Gasteiger partial charge on any atom is 0.261 e. The van der Waals surface area contributed by atoms with E-state index in [0.29, 0.717) is 62.2 Å². The van der Waals surface area contributed by atoms with Crippen molar-refractivity contribution in [2.24, 2.45) is 0 Å². The van der Waals surface area contributed by atoms with E-state index >= 15 is 0 Å². The van der Waals surface area contributed by atoms with Gasteiger partial charge in [0.1, 0.15) is 0 Å². The number of amides is 4. The minimum atomic E-state index is -0.385. The fourth-order valence-corrected chi connectivity index (χ4v) is 7.69. The van der Waals surface area contributed by atoms with E-state index in [4.69, 9.17) is 0 Å². The lowest BCUT2D eigenvalue weighted by Crippen LogP contribution is -2.46. The molecule has 2 aliphatic heterocycles. The van der Waals surface area contributed by atoms with Crippen LogP contribution in [0.15, 0.2) is 36.4 Å². The van der Waals surface area contributed by atoms with Crippen LogP contribution in [0.4, 0.5) is 0 Å². The zero-order chi connectivity index (χ0) is 30.5. The van der Waals surface area contributed by atoms with Gasteiger partial charge in [-0.15, -0.1) is 0 Å². The van der Waals surface area contributed by atoms with Crippen LogP contribution in [0.2, 0.25) is 0 Å². The van der Waals surface area contributed by atoms with Crippen molar-refractivity contribution in [2.75, 3.05) is 0 Å². The van der Waals surface area contributed by atoms with Crippen molar-refractivity contribution in [2.45, 2.75) is 72.4 Å². The topological polar surface area (TPSA) is 98.6 Å². The van der Waals surface area contributed by atoms with E-state index in [1.807, 2.05) is 52.8 Å². The number of nitrogens with zero attached hydrogens (tertiary/aromatic N) is 3. The molecule has 2 aliphatic rings. The SMILES string of the molecule is CCCC(C)N1C(=O)c2ccc3c4c(C#N)cc5c6c(ccc(c7c(C)cc(c2c37)C1=O)c64)C(=O)N(C(C)CCC)C5=O. The van der Waals surface area contributed by atoms with E-state index in [2.05, 4.69) is 6.07 Å². The van der Waals surface area contributed by atoms with Crippen LogP contribution in [0.25, 0.3) is 43.1 Å². The van der Waals surface area contributed by atoms with Crippen LogP contribution in [-0.4, -0.2) is 45.5 Å². The van der Waals surface area contributed by atoms with Crippen molar-refractivity contribution in [3.63, 3.8) is 0 Å². The second kappa shape index (κ2) is 9.34. The van der Waals surface area contributed by atoms with Crippen molar-refractivity contribution >= 4 is 66.7 Å². The highest BCUT2D eigenvalue weighted by Crippen LogP contribution is 2.48. The Labute approximate surface area is 249 Å². The van der Waals surface area contributed by atoms with Gasteiger partial charge in [0.05, 0.1) is 17.2 Å². The fourth-order valence-electron chi connectivity index (χ4n) is 7.69. The van der Waals surface area contributed by atoms with Gasteiger partial charge in [0, 0.05) is 50.3 Å². The van der Waals surface area contributed by atoms with Gasteiger partial charge < -0.3 is 0 Å². The lowest BCUT2D eigenvalue weighted by Gasteiger charge is -2.34. The second-order valence-corrected chi connectivity index (χ2v) is 12.1. The molecular formula is C36H31N3O4. The van der Waals surface area contributed by atoms with Crippen molar-refractivity contribution in [1.29, 1.82) is 5.26 Å². The lowest BCUT2D eigenvalue weighted by atomic mass is 9.79. The number of hydrogen-bond donors (Lipinski definition) is 0. The number of fused-ring (bicyclic) bond motifs is 2. The van der Waals surface area contributed by atoms with Gasteiger partial charge in [0.25, 0.3) is 23.6 Å². The van der Waals surface area contributed by atoms with Gasteiger partial charge >= 0.3 is 0 Å². The average Bonchev–Trinajstić information content (AvgIpc) is 2.98. The molecule has 4 amide bonds. The molecule has 0 aliphatic carbocycles. The summed E-state index contributed by atoms with van der Waals surface area (Å²) in [5.41, 5.74) is 2.92. The molecule has 0 saturated carbocycles. The summed E-state index contributed by atoms with van der Waals surface area (Å²) >= 11 is 0. The minimum Gasteiger partial charge on any atom is -0.272 e. The molecule has 214 valence electrons. The summed E-state index contributed by atoms with van der Waals surface area (Å²) in [6.07, 6.45) is 3.07. The third-order valence-corrected chi connectivity index (χ3v) is 9.51. The third kappa shape index (κ3) is 3.35. The summed E-state index contributed by atoms with van der Waals surface area (Å²) in [5, 5.41) is 16.0. The Morgan fingerprint density at radius 2 is 1.07 bits per heavy atom. The van der Waals surface area contributed by atoms with Gasteiger partial charge in [-0.05, 0) is 85.0 Å². The van der Waals surface area contributed by atoms with Crippen LogP contribution >= 0.6 is 0 Å². The van der Waals surface area contributed by atoms with Gasteiger partial charge in [-0.1, -0.05) is 38.8 Å². The highest BCUT2D eigenvalue weighted by atomic mass is 16.2. The fraction of sp³-hybridized carbons (Fsp3) is 0.306. The Morgan fingerprint density at radius 1 is 0.628 bits per heavy atom. The molecule has 5 aromatic rings. The molecule has 0 radical (unpaired) electrons. The first-order chi connectivity index (χ1) is 20.7. The Kier molecular flexibility index (Phi) is 5.87. The molecule has 2 atom stereocenters. The monoisotopic (exact) mass is 569 g/mol. The molecule has 7 heteroatoms. The Hall–Kier alpha value is -4.83. The first kappa shape index (κ1) is 27.0. The molecule has 0 spiro atoms. The highest BCUT2D eigenvalue weighted by Gasteiger charge is 2.40. The number of imide groups is 2. The normalized spacial score (nSPS) is 16.3. The number of benzene rings is 5. The van der Waals surface area contributed by atoms with E-state index in [-0.39, 0.29) is 35.7 Å². The number of hydrogen-bond acceptors (Lipinski definition) is 5. The zero-order valence-electron chi connectivity index (χ0n) is 24.9. The van der Waals surface area contributed by atoms with Crippen LogP contribution in [0, 0.1) is 18.3 Å². The lowest BCUT2D eigenvalue weighted by molar-refractivity contribution is 0.0528. The number of carbonyl (C=O) groups is 4. The zero-order valence-corrected chi connectivity index (χ0v) is 24.9. The van der Waals surface area contributed by atoms with Gasteiger partial charge in [0.2, 0.25) is 0 Å². The summed E-state index contributed by atoms with van der Waals surface area (Å²) in [5.74, 6) is -1.33. The van der Waals surface area contributed by atoms with Crippen LogP contribution < -0.4 is 0 Å². The molecule has 0 saturated heterocycles. The number of aryl methyl sites for hydroxylation is 1. The number of nitriles is 1. The Balaban J connectivity index is 1.63. The second-order valence-electron chi connectivity index (χ2n) is 12.1. The molecule has 0 aromatic heterocycles. The minimum absolute atomic E-state index is 0.238. The molecular weight excluding hydrogens is 538 g/mol. The summed E-state index contributed by atoms with van der Waals surface area (Å²) in [6.45, 7) is 9.78. The van der Waals surface area contributed by atoms with Gasteiger partial charge in [0.15, 0.2) is 0 Å². The van der Waals surface area contributed by atoms with Crippen LogP contribution in [0.3, 0.4) is 0 Å². The number of rotatable bonds is 6. The van der Waals surface area contributed by atoms with Crippen molar-refractivity contribution in [3.8, 4) is 6.07 Å². The van der Waals surface area contributed by atoms with Crippen LogP contribution in [0.1, 0.15) is 106 Å². The molecule has 43 heavy (non-hydrogen) atoms. The highest BCUT2D eigenvalue weighted by molar-refractivity contribution is 6.42. The smallest absolute Gasteiger partial charge is 0.261 e. The van der Waals surface area contributed by atoms with Crippen molar-refractivity contribution in [3.05, 3.63) is 69.8 Å². The van der Waals surface area contributed by atoms with Crippen LogP contribution in [0.5, 0.6) is 0 Å². The molecule has 2 heterocycles. The van der Waals surface area contributed by atoms with Crippen molar-refractivity contribution in [1.82, 2.24) is 9.80 Å². The van der Waals surface area contributed by atoms with E-state index in [1.54, 1.807) is 18.2 Å². The van der Waals surface area contributed by atoms with E-state index < -0.39 is 0 Å².